The van der Waals surface area contributed by atoms with E-state index in [1.165, 1.54) is 6.08 Å². The van der Waals surface area contributed by atoms with Gasteiger partial charge in [-0.15, -0.1) is 0 Å². The third-order valence-electron chi connectivity index (χ3n) is 1.75. The molecular formula is C8H12O4S. The summed E-state index contributed by atoms with van der Waals surface area (Å²) in [5, 5.41) is 0. The van der Waals surface area contributed by atoms with Crippen molar-refractivity contribution in [1.82, 2.24) is 0 Å². The number of carbonyl (C=O) groups excluding carboxylic acids is 1. The molecule has 0 aromatic carbocycles. The third kappa shape index (κ3) is 3.18. The van der Waals surface area contributed by atoms with E-state index in [9.17, 15) is 13.2 Å². The maximum Gasteiger partial charge on any atom is 0.330 e. The van der Waals surface area contributed by atoms with Crippen LogP contribution in [0.4, 0.5) is 0 Å². The van der Waals surface area contributed by atoms with Crippen molar-refractivity contribution in [2.24, 2.45) is 0 Å². The van der Waals surface area contributed by atoms with E-state index < -0.39 is 15.8 Å². The van der Waals surface area contributed by atoms with Crippen LogP contribution in [-0.2, 0) is 19.4 Å². The Morgan fingerprint density at radius 2 is 2.31 bits per heavy atom. The van der Waals surface area contributed by atoms with E-state index in [0.717, 1.165) is 0 Å². The molecular weight excluding hydrogens is 192 g/mol. The molecule has 13 heavy (non-hydrogen) atoms. The Labute approximate surface area is 77.5 Å². The number of rotatable bonds is 2. The van der Waals surface area contributed by atoms with Crippen LogP contribution < -0.4 is 0 Å². The van der Waals surface area contributed by atoms with Crippen LogP contribution in [0.25, 0.3) is 0 Å². The van der Waals surface area contributed by atoms with Gasteiger partial charge >= 0.3 is 5.97 Å². The van der Waals surface area contributed by atoms with Gasteiger partial charge in [0.15, 0.2) is 9.84 Å². The number of hydrogen-bond acceptors (Lipinski definition) is 4. The Morgan fingerprint density at radius 1 is 1.62 bits per heavy atom. The van der Waals surface area contributed by atoms with Gasteiger partial charge in [-0.1, -0.05) is 0 Å². The maximum atomic E-state index is 11.0. The second-order valence-corrected chi connectivity index (χ2v) is 5.08. The van der Waals surface area contributed by atoms with Gasteiger partial charge in [0.2, 0.25) is 0 Å². The monoisotopic (exact) mass is 204 g/mol. The van der Waals surface area contributed by atoms with Crippen LogP contribution in [0.1, 0.15) is 13.3 Å². The molecule has 1 heterocycles. The second-order valence-electron chi connectivity index (χ2n) is 2.90. The normalized spacial score (nSPS) is 23.3. The van der Waals surface area contributed by atoms with Crippen molar-refractivity contribution in [2.75, 3.05) is 18.1 Å². The van der Waals surface area contributed by atoms with E-state index in [4.69, 9.17) is 0 Å². The molecule has 1 aliphatic heterocycles. The molecule has 0 unspecified atom stereocenters. The van der Waals surface area contributed by atoms with Gasteiger partial charge in [0.05, 0.1) is 18.1 Å². The Bertz CT molecular complexity index is 326. The van der Waals surface area contributed by atoms with E-state index in [2.05, 4.69) is 4.74 Å². The molecule has 0 radical (unpaired) electrons. The fourth-order valence-electron chi connectivity index (χ4n) is 1.18. The SMILES string of the molecule is CCOC(=O)/C=C1/CCS(=O)(=O)C1. The van der Waals surface area contributed by atoms with Crippen molar-refractivity contribution in [2.45, 2.75) is 13.3 Å². The molecule has 1 rings (SSSR count). The first-order valence-corrected chi connectivity index (χ1v) is 5.92. The van der Waals surface area contributed by atoms with Gasteiger partial charge in [0.1, 0.15) is 0 Å². The van der Waals surface area contributed by atoms with Crippen LogP contribution in [0.5, 0.6) is 0 Å². The molecule has 0 amide bonds. The minimum Gasteiger partial charge on any atom is -0.463 e. The Morgan fingerprint density at radius 3 is 2.77 bits per heavy atom. The lowest BCUT2D eigenvalue weighted by Crippen LogP contribution is -2.03. The van der Waals surface area contributed by atoms with Crippen molar-refractivity contribution < 1.29 is 17.9 Å². The summed E-state index contributed by atoms with van der Waals surface area (Å²) < 4.78 is 26.6. The number of carbonyl (C=O) groups is 1. The second kappa shape index (κ2) is 3.91. The van der Waals surface area contributed by atoms with E-state index in [-0.39, 0.29) is 11.5 Å². The van der Waals surface area contributed by atoms with E-state index >= 15 is 0 Å². The molecule has 0 saturated carbocycles. The topological polar surface area (TPSA) is 60.4 Å². The van der Waals surface area contributed by atoms with Crippen LogP contribution >= 0.6 is 0 Å². The van der Waals surface area contributed by atoms with Gasteiger partial charge in [-0.3, -0.25) is 0 Å². The summed E-state index contributed by atoms with van der Waals surface area (Å²) in [6.45, 7) is 2.02. The van der Waals surface area contributed by atoms with Gasteiger partial charge in [0.25, 0.3) is 0 Å². The standard InChI is InChI=1S/C8H12O4S/c1-2-12-8(9)5-7-3-4-13(10,11)6-7/h5H,2-4,6H2,1H3/b7-5-. The molecule has 0 spiro atoms. The predicted octanol–water partition coefficient (Wildman–Crippen LogP) is 0.294. The Balaban J connectivity index is 2.60. The highest BCUT2D eigenvalue weighted by molar-refractivity contribution is 7.91. The lowest BCUT2D eigenvalue weighted by molar-refractivity contribution is -0.137. The lowest BCUT2D eigenvalue weighted by atomic mass is 10.2. The lowest BCUT2D eigenvalue weighted by Gasteiger charge is -1.96. The summed E-state index contributed by atoms with van der Waals surface area (Å²) in [6, 6.07) is 0. The molecule has 4 nitrogen and oxygen atoms in total. The van der Waals surface area contributed by atoms with Crippen molar-refractivity contribution in [1.29, 1.82) is 0 Å². The zero-order valence-electron chi connectivity index (χ0n) is 7.45. The predicted molar refractivity (Wildman–Crippen MR) is 48.0 cm³/mol. The van der Waals surface area contributed by atoms with Gasteiger partial charge in [0, 0.05) is 6.08 Å². The highest BCUT2D eigenvalue weighted by Crippen LogP contribution is 2.16. The number of hydrogen-bond donors (Lipinski definition) is 0. The molecule has 1 aliphatic rings. The zero-order valence-corrected chi connectivity index (χ0v) is 8.26. The Hall–Kier alpha value is -0.840. The average molecular weight is 204 g/mol. The molecule has 1 fully saturated rings. The summed E-state index contributed by atoms with van der Waals surface area (Å²) in [4.78, 5) is 10.9. The highest BCUT2D eigenvalue weighted by atomic mass is 32.2. The van der Waals surface area contributed by atoms with Crippen molar-refractivity contribution in [3.8, 4) is 0 Å². The summed E-state index contributed by atoms with van der Waals surface area (Å²) in [6.07, 6.45) is 1.75. The van der Waals surface area contributed by atoms with Gasteiger partial charge in [-0.05, 0) is 18.9 Å². The number of esters is 1. The zero-order chi connectivity index (χ0) is 9.90. The smallest absolute Gasteiger partial charge is 0.330 e. The molecule has 74 valence electrons. The van der Waals surface area contributed by atoms with Gasteiger partial charge in [-0.25, -0.2) is 13.2 Å². The van der Waals surface area contributed by atoms with Crippen LogP contribution in [-0.4, -0.2) is 32.5 Å². The highest BCUT2D eigenvalue weighted by Gasteiger charge is 2.22. The summed E-state index contributed by atoms with van der Waals surface area (Å²) in [7, 11) is -2.93. The number of ether oxygens (including phenoxy) is 1. The van der Waals surface area contributed by atoms with E-state index in [0.29, 0.717) is 18.6 Å². The summed E-state index contributed by atoms with van der Waals surface area (Å²) in [5.41, 5.74) is 0.651. The number of sulfone groups is 1. The minimum absolute atomic E-state index is 0.00577. The van der Waals surface area contributed by atoms with Crippen molar-refractivity contribution >= 4 is 15.8 Å². The summed E-state index contributed by atoms with van der Waals surface area (Å²) in [5.74, 6) is -0.293. The van der Waals surface area contributed by atoms with Crippen molar-refractivity contribution in [3.05, 3.63) is 11.6 Å². The molecule has 1 saturated heterocycles. The molecule has 0 aromatic rings. The fraction of sp³-hybridized carbons (Fsp3) is 0.625. The van der Waals surface area contributed by atoms with E-state index in [1.807, 2.05) is 0 Å². The summed E-state index contributed by atoms with van der Waals surface area (Å²) >= 11 is 0. The quantitative estimate of drug-likeness (QED) is 0.479. The van der Waals surface area contributed by atoms with Crippen LogP contribution in [0.15, 0.2) is 11.6 Å². The molecule has 5 heteroatoms. The van der Waals surface area contributed by atoms with E-state index in [1.54, 1.807) is 6.92 Å². The van der Waals surface area contributed by atoms with Crippen LogP contribution in [0, 0.1) is 0 Å². The molecule has 0 aromatic heterocycles. The Kier molecular flexibility index (Phi) is 3.08. The third-order valence-corrected chi connectivity index (χ3v) is 3.38. The molecule has 0 bridgehead atoms. The molecule has 0 atom stereocenters. The van der Waals surface area contributed by atoms with Gasteiger partial charge in [-0.2, -0.15) is 0 Å². The van der Waals surface area contributed by atoms with Crippen LogP contribution in [0.2, 0.25) is 0 Å². The molecule has 0 aliphatic carbocycles. The minimum atomic E-state index is -2.93. The first-order valence-electron chi connectivity index (χ1n) is 4.10. The average Bonchev–Trinajstić information content (AvgIpc) is 2.30. The fourth-order valence-corrected chi connectivity index (χ4v) is 2.69. The maximum absolute atomic E-state index is 11.0. The van der Waals surface area contributed by atoms with Gasteiger partial charge < -0.3 is 4.74 Å². The van der Waals surface area contributed by atoms with Crippen molar-refractivity contribution in [3.63, 3.8) is 0 Å². The largest absolute Gasteiger partial charge is 0.463 e. The first-order chi connectivity index (χ1) is 6.03. The first kappa shape index (κ1) is 10.2. The molecule has 0 N–H and O–H groups in total. The van der Waals surface area contributed by atoms with Crippen LogP contribution in [0.3, 0.4) is 0 Å².